The molecule has 2 aromatic carbocycles. The lowest BCUT2D eigenvalue weighted by Gasteiger charge is -2.17. The molecule has 0 saturated heterocycles. The van der Waals surface area contributed by atoms with Gasteiger partial charge >= 0.3 is 6.98 Å². The second-order valence-corrected chi connectivity index (χ2v) is 7.41. The van der Waals surface area contributed by atoms with E-state index < -0.39 is 29.4 Å². The maximum absolute atomic E-state index is 12.5. The fourth-order valence-corrected chi connectivity index (χ4v) is 3.38. The molecule has 0 amide bonds. The van der Waals surface area contributed by atoms with E-state index in [0.717, 1.165) is 11.6 Å². The number of rotatable bonds is 7. The normalized spacial score (nSPS) is 13.9. The quantitative estimate of drug-likeness (QED) is 0.581. The summed E-state index contributed by atoms with van der Waals surface area (Å²) in [6.07, 6.45) is 1.13. The van der Waals surface area contributed by atoms with Crippen LogP contribution >= 0.6 is 0 Å². The predicted molar refractivity (Wildman–Crippen MR) is 93.7 cm³/mol. The van der Waals surface area contributed by atoms with Crippen molar-refractivity contribution in [2.75, 3.05) is 0 Å². The van der Waals surface area contributed by atoms with Crippen molar-refractivity contribution < 1.29 is 21.4 Å². The minimum Gasteiger partial charge on any atom is -0.449 e. The highest BCUT2D eigenvalue weighted by molar-refractivity contribution is 7.89. The molecule has 0 saturated carbocycles. The van der Waals surface area contributed by atoms with Crippen LogP contribution < -0.4 is 4.72 Å². The Morgan fingerprint density at radius 3 is 2.20 bits per heavy atom. The fourth-order valence-electron chi connectivity index (χ4n) is 2.20. The summed E-state index contributed by atoms with van der Waals surface area (Å²) < 4.78 is 64.8. The Morgan fingerprint density at radius 1 is 1.04 bits per heavy atom. The van der Waals surface area contributed by atoms with Crippen LogP contribution in [0.2, 0.25) is 6.32 Å². The van der Waals surface area contributed by atoms with Gasteiger partial charge in [-0.25, -0.2) is 8.42 Å². The first-order valence-corrected chi connectivity index (χ1v) is 9.17. The Hall–Kier alpha value is -2.06. The van der Waals surface area contributed by atoms with Crippen LogP contribution in [0, 0.1) is 6.92 Å². The number of hydrogen-bond acceptors (Lipinski definition) is 2. The molecular formula is C17H18BF3NO2S-. The van der Waals surface area contributed by atoms with Crippen LogP contribution in [0.25, 0.3) is 0 Å². The molecule has 3 nitrogen and oxygen atoms in total. The zero-order valence-corrected chi connectivity index (χ0v) is 14.4. The Bertz CT molecular complexity index is 819. The summed E-state index contributed by atoms with van der Waals surface area (Å²) in [5, 5.41) is 0. The van der Waals surface area contributed by atoms with Gasteiger partial charge in [0.15, 0.2) is 0 Å². The van der Waals surface area contributed by atoms with Crippen LogP contribution in [0.15, 0.2) is 71.6 Å². The highest BCUT2D eigenvalue weighted by atomic mass is 32.2. The van der Waals surface area contributed by atoms with Crippen LogP contribution in [0.5, 0.6) is 0 Å². The van der Waals surface area contributed by atoms with Gasteiger partial charge in [-0.1, -0.05) is 60.4 Å². The van der Waals surface area contributed by atoms with Crippen molar-refractivity contribution in [2.45, 2.75) is 24.2 Å². The molecule has 0 aliphatic carbocycles. The van der Waals surface area contributed by atoms with E-state index in [1.165, 1.54) is 18.2 Å². The van der Waals surface area contributed by atoms with Gasteiger partial charge in [0, 0.05) is 0 Å². The minimum absolute atomic E-state index is 0.0625. The van der Waals surface area contributed by atoms with E-state index in [4.69, 9.17) is 0 Å². The molecule has 0 aromatic heterocycles. The van der Waals surface area contributed by atoms with Crippen molar-refractivity contribution in [3.63, 3.8) is 0 Å². The van der Waals surface area contributed by atoms with Gasteiger partial charge in [-0.05, 0) is 24.6 Å². The third-order valence-electron chi connectivity index (χ3n) is 3.50. The number of nitrogens with one attached hydrogen (secondary N) is 1. The smallest absolute Gasteiger partial charge is 0.449 e. The molecule has 0 radical (unpaired) electrons. The van der Waals surface area contributed by atoms with Gasteiger partial charge in [-0.15, -0.1) is 6.08 Å². The van der Waals surface area contributed by atoms with Crippen LogP contribution in [0.3, 0.4) is 0 Å². The largest absolute Gasteiger partial charge is 0.482 e. The molecule has 0 aliphatic rings. The van der Waals surface area contributed by atoms with Crippen LogP contribution in [0.1, 0.15) is 17.2 Å². The number of halogens is 3. The Kier molecular flexibility index (Phi) is 6.08. The molecule has 0 spiro atoms. The first-order chi connectivity index (χ1) is 11.7. The van der Waals surface area contributed by atoms with Crippen molar-refractivity contribution in [3.05, 3.63) is 77.9 Å². The summed E-state index contributed by atoms with van der Waals surface area (Å²) >= 11 is 0. The molecule has 0 fully saturated rings. The summed E-state index contributed by atoms with van der Waals surface area (Å²) in [4.78, 5) is 0.0625. The van der Waals surface area contributed by atoms with E-state index in [1.807, 2.05) is 6.92 Å². The summed E-state index contributed by atoms with van der Waals surface area (Å²) in [7, 11) is -3.87. The van der Waals surface area contributed by atoms with Gasteiger partial charge in [0.1, 0.15) is 0 Å². The molecule has 8 heteroatoms. The summed E-state index contributed by atoms with van der Waals surface area (Å²) in [5.74, 6) is 0. The van der Waals surface area contributed by atoms with E-state index in [-0.39, 0.29) is 4.90 Å². The van der Waals surface area contributed by atoms with Crippen molar-refractivity contribution >= 4 is 17.0 Å². The zero-order valence-electron chi connectivity index (χ0n) is 13.6. The van der Waals surface area contributed by atoms with Crippen LogP contribution in [0.4, 0.5) is 12.9 Å². The lowest BCUT2D eigenvalue weighted by atomic mass is 9.86. The molecular weight excluding hydrogens is 350 g/mol. The zero-order chi connectivity index (χ0) is 18.5. The average molecular weight is 368 g/mol. The Balaban J connectivity index is 2.28. The summed E-state index contributed by atoms with van der Waals surface area (Å²) in [5.41, 5.74) is 1.47. The first kappa shape index (κ1) is 19.3. The Labute approximate surface area is 145 Å². The number of benzene rings is 2. The highest BCUT2D eigenvalue weighted by Crippen LogP contribution is 2.21. The van der Waals surface area contributed by atoms with E-state index in [2.05, 4.69) is 4.72 Å². The summed E-state index contributed by atoms with van der Waals surface area (Å²) in [6, 6.07) is 13.8. The molecule has 134 valence electrons. The van der Waals surface area contributed by atoms with E-state index in [9.17, 15) is 21.4 Å². The SMILES string of the molecule is Cc1ccc(S(=O)(=O)NC(/C=C/C[B-](F)(F)F)c2ccccc2)cc1. The number of aryl methyl sites for hydroxylation is 1. The fraction of sp³-hybridized carbons (Fsp3) is 0.176. The predicted octanol–water partition coefficient (Wildman–Crippen LogP) is 4.42. The van der Waals surface area contributed by atoms with Gasteiger partial charge in [-0.3, -0.25) is 0 Å². The van der Waals surface area contributed by atoms with Gasteiger partial charge in [0.25, 0.3) is 0 Å². The van der Waals surface area contributed by atoms with Crippen molar-refractivity contribution in [1.82, 2.24) is 4.72 Å². The number of allylic oxidation sites excluding steroid dienone is 1. The van der Waals surface area contributed by atoms with Crippen molar-refractivity contribution in [2.24, 2.45) is 0 Å². The average Bonchev–Trinajstić information content (AvgIpc) is 2.54. The second kappa shape index (κ2) is 7.88. The summed E-state index contributed by atoms with van der Waals surface area (Å²) in [6.45, 7) is -3.13. The molecule has 25 heavy (non-hydrogen) atoms. The van der Waals surface area contributed by atoms with Gasteiger partial charge in [0.05, 0.1) is 10.9 Å². The molecule has 1 atom stereocenters. The molecule has 1 N–H and O–H groups in total. The maximum Gasteiger partial charge on any atom is 0.482 e. The highest BCUT2D eigenvalue weighted by Gasteiger charge is 2.22. The third-order valence-corrected chi connectivity index (χ3v) is 4.96. The van der Waals surface area contributed by atoms with Gasteiger partial charge in [-0.2, -0.15) is 4.72 Å². The maximum atomic E-state index is 12.5. The number of sulfonamides is 1. The van der Waals surface area contributed by atoms with Crippen LogP contribution in [-0.4, -0.2) is 15.4 Å². The van der Waals surface area contributed by atoms with E-state index in [1.54, 1.807) is 42.5 Å². The standard InChI is InChI=1S/C17H18BF3NO2S/c1-14-9-11-16(12-10-14)25(23,24)22-17(8-5-13-18(19,20)21)15-6-3-2-4-7-15/h2-12,17,22H,13H2,1H3/q-1/b8-5+. The molecule has 0 aliphatic heterocycles. The molecule has 2 rings (SSSR count). The topological polar surface area (TPSA) is 46.2 Å². The Morgan fingerprint density at radius 2 is 1.64 bits per heavy atom. The van der Waals surface area contributed by atoms with Crippen molar-refractivity contribution in [3.8, 4) is 0 Å². The monoisotopic (exact) mass is 368 g/mol. The van der Waals surface area contributed by atoms with Gasteiger partial charge in [0.2, 0.25) is 10.0 Å². The molecule has 1 unspecified atom stereocenters. The third kappa shape index (κ3) is 6.06. The molecule has 2 aromatic rings. The number of hydrogen-bond donors (Lipinski definition) is 1. The van der Waals surface area contributed by atoms with Crippen LogP contribution in [-0.2, 0) is 10.0 Å². The first-order valence-electron chi connectivity index (χ1n) is 7.69. The second-order valence-electron chi connectivity index (χ2n) is 5.70. The molecule has 0 bridgehead atoms. The lowest BCUT2D eigenvalue weighted by Crippen LogP contribution is -2.27. The van der Waals surface area contributed by atoms with E-state index in [0.29, 0.717) is 5.56 Å². The van der Waals surface area contributed by atoms with Crippen molar-refractivity contribution in [1.29, 1.82) is 0 Å². The van der Waals surface area contributed by atoms with Gasteiger partial charge < -0.3 is 12.9 Å². The lowest BCUT2D eigenvalue weighted by molar-refractivity contribution is 0.477. The van der Waals surface area contributed by atoms with E-state index >= 15 is 0 Å². The minimum atomic E-state index is -4.96. The molecule has 0 heterocycles.